The van der Waals surface area contributed by atoms with Gasteiger partial charge < -0.3 is 30.8 Å². The summed E-state index contributed by atoms with van der Waals surface area (Å²) in [6.45, 7) is 4.20. The molecule has 2 amide bonds. The zero-order valence-corrected chi connectivity index (χ0v) is 23.9. The van der Waals surface area contributed by atoms with Gasteiger partial charge in [0.15, 0.2) is 6.61 Å². The van der Waals surface area contributed by atoms with Crippen LogP contribution < -0.4 is 15.4 Å². The lowest BCUT2D eigenvalue weighted by molar-refractivity contribution is -0.134. The fraction of sp³-hybridized carbons (Fsp3) is 0.194. The monoisotopic (exact) mass is 592 g/mol. The Hall–Kier alpha value is -4.27. The van der Waals surface area contributed by atoms with E-state index in [9.17, 15) is 9.59 Å². The molecule has 4 aromatic rings. The van der Waals surface area contributed by atoms with Crippen LogP contribution in [-0.4, -0.2) is 60.3 Å². The number of phenolic OH excluding ortho intramolecular Hbond substituents is 1. The van der Waals surface area contributed by atoms with Gasteiger partial charge in [0.2, 0.25) is 5.91 Å². The first-order valence-corrected chi connectivity index (χ1v) is 13.7. The highest BCUT2D eigenvalue weighted by Gasteiger charge is 2.27. The Labute approximate surface area is 248 Å². The van der Waals surface area contributed by atoms with Gasteiger partial charge in [-0.25, -0.2) is 0 Å². The highest BCUT2D eigenvalue weighted by atomic mass is 35.5. The molecule has 4 aromatic carbocycles. The van der Waals surface area contributed by atoms with Crippen molar-refractivity contribution in [3.05, 3.63) is 100 Å². The van der Waals surface area contributed by atoms with Gasteiger partial charge in [0, 0.05) is 59.1 Å². The number of fused-ring (bicyclic) bond motifs is 1. The molecule has 8 nitrogen and oxygen atoms in total. The maximum Gasteiger partial charge on any atom is 0.260 e. The number of anilines is 1. The van der Waals surface area contributed by atoms with Crippen LogP contribution in [0.25, 0.3) is 10.8 Å². The number of benzene rings is 4. The molecule has 0 radical (unpaired) electrons. The van der Waals surface area contributed by atoms with Gasteiger partial charge in [-0.2, -0.15) is 0 Å². The lowest BCUT2D eigenvalue weighted by Crippen LogP contribution is -2.54. The van der Waals surface area contributed by atoms with Gasteiger partial charge in [0.05, 0.1) is 5.02 Å². The molecule has 1 unspecified atom stereocenters. The molecule has 212 valence electrons. The van der Waals surface area contributed by atoms with Gasteiger partial charge in [-0.1, -0.05) is 47.5 Å². The smallest absolute Gasteiger partial charge is 0.260 e. The number of hydrogen-bond acceptors (Lipinski definition) is 6. The Kier molecular flexibility index (Phi) is 9.70. The van der Waals surface area contributed by atoms with Crippen molar-refractivity contribution in [1.29, 1.82) is 5.41 Å². The number of halogens is 2. The summed E-state index contributed by atoms with van der Waals surface area (Å²) >= 11 is 11.5. The lowest BCUT2D eigenvalue weighted by Gasteiger charge is -2.41. The topological polar surface area (TPSA) is 120 Å². The minimum Gasteiger partial charge on any atom is -0.506 e. The molecule has 0 aliphatic carbocycles. The normalized spacial score (nSPS) is 14.7. The lowest BCUT2D eigenvalue weighted by atomic mass is 10.0. The molecule has 0 spiro atoms. The van der Waals surface area contributed by atoms with Crippen molar-refractivity contribution < 1.29 is 19.4 Å². The van der Waals surface area contributed by atoms with E-state index in [1.807, 2.05) is 65.6 Å². The number of aromatic hydroxyl groups is 1. The van der Waals surface area contributed by atoms with Crippen molar-refractivity contribution in [2.24, 2.45) is 5.73 Å². The molecule has 1 fully saturated rings. The SMILES string of the molecule is CC1CN(C(=O)COc2ccc(C=N)c3ccccc23)CCN1c1ccc(Cl)cc1.NC(=O)c1ccc(O)c(Cl)c1. The fourth-order valence-corrected chi connectivity index (χ4v) is 4.94. The maximum atomic E-state index is 12.8. The van der Waals surface area contributed by atoms with Crippen LogP contribution in [-0.2, 0) is 4.79 Å². The molecule has 1 aliphatic rings. The van der Waals surface area contributed by atoms with Crippen molar-refractivity contribution in [2.45, 2.75) is 13.0 Å². The first-order valence-electron chi connectivity index (χ1n) is 12.9. The maximum absolute atomic E-state index is 12.8. The Morgan fingerprint density at radius 3 is 2.37 bits per heavy atom. The van der Waals surface area contributed by atoms with Crippen molar-refractivity contribution >= 4 is 57.7 Å². The van der Waals surface area contributed by atoms with Crippen LogP contribution in [0, 0.1) is 5.41 Å². The summed E-state index contributed by atoms with van der Waals surface area (Å²) in [6.07, 6.45) is 1.33. The molecule has 1 aliphatic heterocycles. The van der Waals surface area contributed by atoms with Crippen molar-refractivity contribution in [3.63, 3.8) is 0 Å². The number of nitrogens with two attached hydrogens (primary N) is 1. The quantitative estimate of drug-likeness (QED) is 0.246. The van der Waals surface area contributed by atoms with Crippen LogP contribution in [0.5, 0.6) is 11.5 Å². The molecule has 0 aromatic heterocycles. The second-order valence-corrected chi connectivity index (χ2v) is 10.4. The number of rotatable bonds is 6. The molecule has 0 bridgehead atoms. The van der Waals surface area contributed by atoms with Crippen LogP contribution in [0.3, 0.4) is 0 Å². The Morgan fingerprint density at radius 1 is 1.02 bits per heavy atom. The first-order chi connectivity index (χ1) is 19.7. The van der Waals surface area contributed by atoms with Crippen LogP contribution in [0.4, 0.5) is 5.69 Å². The summed E-state index contributed by atoms with van der Waals surface area (Å²) in [7, 11) is 0. The highest BCUT2D eigenvalue weighted by molar-refractivity contribution is 6.32. The second-order valence-electron chi connectivity index (χ2n) is 9.52. The molecule has 5 rings (SSSR count). The number of phenols is 1. The zero-order chi connectivity index (χ0) is 29.5. The minimum absolute atomic E-state index is 0.00158. The molecule has 0 saturated carbocycles. The van der Waals surface area contributed by atoms with Gasteiger partial charge in [0.25, 0.3) is 5.91 Å². The predicted molar refractivity (Wildman–Crippen MR) is 164 cm³/mol. The van der Waals surface area contributed by atoms with Crippen molar-refractivity contribution in [3.8, 4) is 11.5 Å². The molecular formula is C31H30Cl2N4O4. The molecule has 4 N–H and O–H groups in total. The number of primary amides is 1. The number of carbonyl (C=O) groups is 2. The molecule has 41 heavy (non-hydrogen) atoms. The summed E-state index contributed by atoms with van der Waals surface area (Å²) in [5, 5.41) is 19.2. The van der Waals surface area contributed by atoms with Crippen molar-refractivity contribution in [2.75, 3.05) is 31.1 Å². The van der Waals surface area contributed by atoms with E-state index < -0.39 is 5.91 Å². The molecule has 1 heterocycles. The van der Waals surface area contributed by atoms with Gasteiger partial charge in [-0.05, 0) is 66.9 Å². The molecule has 1 saturated heterocycles. The van der Waals surface area contributed by atoms with Crippen LogP contribution in [0.1, 0.15) is 22.8 Å². The first kappa shape index (κ1) is 29.7. The summed E-state index contributed by atoms with van der Waals surface area (Å²) in [5.41, 5.74) is 7.19. The standard InChI is InChI=1S/C24H24ClN3O2.C7H6ClNO2/c1-17-15-27(12-13-28(17)20-9-7-19(25)8-10-20)24(29)16-30-23-11-6-18(14-26)21-4-2-3-5-22(21)23;8-5-3-4(7(9)11)1-2-6(5)10/h2-11,14,17,26H,12-13,15-16H2,1H3;1-3,10H,(H2,9,11). The Balaban J connectivity index is 0.000000296. The van der Waals surface area contributed by atoms with Crippen LogP contribution in [0.2, 0.25) is 10.0 Å². The predicted octanol–water partition coefficient (Wildman–Crippen LogP) is 5.75. The second kappa shape index (κ2) is 13.4. The van der Waals surface area contributed by atoms with E-state index in [0.717, 1.165) is 33.6 Å². The van der Waals surface area contributed by atoms with Crippen LogP contribution >= 0.6 is 23.2 Å². The van der Waals surface area contributed by atoms with E-state index in [4.69, 9.17) is 44.2 Å². The number of carbonyl (C=O) groups excluding carboxylic acids is 2. The highest BCUT2D eigenvalue weighted by Crippen LogP contribution is 2.28. The van der Waals surface area contributed by atoms with Gasteiger partial charge in [-0.15, -0.1) is 0 Å². The number of nitrogens with one attached hydrogen (secondary N) is 1. The van der Waals surface area contributed by atoms with Crippen LogP contribution in [0.15, 0.2) is 78.9 Å². The van der Waals surface area contributed by atoms with E-state index in [0.29, 0.717) is 18.8 Å². The fourth-order valence-electron chi connectivity index (χ4n) is 4.64. The average molecular weight is 594 g/mol. The van der Waals surface area contributed by atoms with E-state index in [1.165, 1.54) is 24.4 Å². The van der Waals surface area contributed by atoms with Gasteiger partial charge in [0.1, 0.15) is 11.5 Å². The van der Waals surface area contributed by atoms with E-state index in [-0.39, 0.29) is 34.9 Å². The molecular weight excluding hydrogens is 563 g/mol. The summed E-state index contributed by atoms with van der Waals surface area (Å²) < 4.78 is 5.90. The summed E-state index contributed by atoms with van der Waals surface area (Å²) in [5.74, 6) is 0.0267. The molecule has 10 heteroatoms. The minimum atomic E-state index is -0.563. The third-order valence-corrected chi connectivity index (χ3v) is 7.35. The third-order valence-electron chi connectivity index (χ3n) is 6.80. The van der Waals surface area contributed by atoms with E-state index >= 15 is 0 Å². The van der Waals surface area contributed by atoms with Gasteiger partial charge in [-0.3, -0.25) is 9.59 Å². The number of amides is 2. The number of ether oxygens (including phenoxy) is 1. The van der Waals surface area contributed by atoms with Gasteiger partial charge >= 0.3 is 0 Å². The van der Waals surface area contributed by atoms with E-state index in [1.54, 1.807) is 0 Å². The molecule has 1 atom stereocenters. The summed E-state index contributed by atoms with van der Waals surface area (Å²) in [4.78, 5) is 27.5. The zero-order valence-electron chi connectivity index (χ0n) is 22.4. The third kappa shape index (κ3) is 7.28. The number of piperazine rings is 1. The summed E-state index contributed by atoms with van der Waals surface area (Å²) in [6, 6.07) is 23.5. The average Bonchev–Trinajstić information content (AvgIpc) is 2.98. The van der Waals surface area contributed by atoms with E-state index in [2.05, 4.69) is 11.8 Å². The Morgan fingerprint density at radius 2 is 1.73 bits per heavy atom. The number of hydrogen-bond donors (Lipinski definition) is 3. The number of nitrogens with zero attached hydrogens (tertiary/aromatic N) is 2. The largest absolute Gasteiger partial charge is 0.506 e. The van der Waals surface area contributed by atoms with Crippen molar-refractivity contribution in [1.82, 2.24) is 4.90 Å². The Bertz CT molecular complexity index is 1560.